The van der Waals surface area contributed by atoms with Crippen molar-refractivity contribution in [2.24, 2.45) is 0 Å². The molecule has 0 aromatic carbocycles. The van der Waals surface area contributed by atoms with Gasteiger partial charge in [-0.15, -0.1) is 0 Å². The van der Waals surface area contributed by atoms with Crippen LogP contribution < -0.4 is 0 Å². The molecule has 0 fully saturated rings. The number of unbranched alkanes of at least 4 members (excludes halogenated alkanes) is 7. The van der Waals surface area contributed by atoms with Gasteiger partial charge in [0.2, 0.25) is 0 Å². The van der Waals surface area contributed by atoms with E-state index < -0.39 is 0 Å². The number of ether oxygens (including phenoxy) is 6. The van der Waals surface area contributed by atoms with Gasteiger partial charge >= 0.3 is 0 Å². The lowest BCUT2D eigenvalue weighted by Gasteiger charge is -2.25. The van der Waals surface area contributed by atoms with Crippen molar-refractivity contribution < 1.29 is 33.2 Å². The smallest absolute Gasteiger partial charge is 0.147 e. The lowest BCUT2D eigenvalue weighted by Crippen LogP contribution is -2.32. The maximum atomic E-state index is 10.4. The summed E-state index contributed by atoms with van der Waals surface area (Å²) in [5.41, 5.74) is 0. The van der Waals surface area contributed by atoms with Gasteiger partial charge in [0.15, 0.2) is 0 Å². The van der Waals surface area contributed by atoms with E-state index in [1.54, 1.807) is 21.3 Å². The summed E-state index contributed by atoms with van der Waals surface area (Å²) in [6.45, 7) is 2.85. The molecule has 7 heteroatoms. The van der Waals surface area contributed by atoms with E-state index in [0.717, 1.165) is 70.5 Å². The fraction of sp³-hybridized carbons (Fsp3) is 0.875. The van der Waals surface area contributed by atoms with Crippen LogP contribution in [0.4, 0.5) is 0 Å². The van der Waals surface area contributed by atoms with Crippen LogP contribution in [0.2, 0.25) is 0 Å². The first-order valence-electron chi connectivity index (χ1n) is 11.7. The van der Waals surface area contributed by atoms with Crippen molar-refractivity contribution in [1.29, 1.82) is 0 Å². The van der Waals surface area contributed by atoms with Crippen LogP contribution in [0, 0.1) is 0 Å². The second kappa shape index (κ2) is 23.8. The molecular weight excluding hydrogens is 400 g/mol. The van der Waals surface area contributed by atoms with Crippen LogP contribution >= 0.6 is 0 Å². The third-order valence-electron chi connectivity index (χ3n) is 4.96. The van der Waals surface area contributed by atoms with E-state index in [1.807, 2.05) is 6.08 Å². The maximum absolute atomic E-state index is 10.4. The zero-order valence-corrected chi connectivity index (χ0v) is 20.2. The third-order valence-corrected chi connectivity index (χ3v) is 4.96. The Bertz CT molecular complexity index is 403. The molecule has 0 N–H and O–H groups in total. The largest absolute Gasteiger partial charge is 0.359 e. The normalized spacial score (nSPS) is 14.7. The van der Waals surface area contributed by atoms with E-state index in [-0.39, 0.29) is 38.7 Å². The van der Waals surface area contributed by atoms with Crippen LogP contribution in [0.3, 0.4) is 0 Å². The van der Waals surface area contributed by atoms with Gasteiger partial charge in [-0.3, -0.25) is 0 Å². The van der Waals surface area contributed by atoms with Gasteiger partial charge in [0.1, 0.15) is 32.8 Å². The van der Waals surface area contributed by atoms with Crippen LogP contribution in [-0.4, -0.2) is 66.3 Å². The first kappa shape index (κ1) is 30.2. The van der Waals surface area contributed by atoms with Gasteiger partial charge in [-0.2, -0.15) is 0 Å². The summed E-state index contributed by atoms with van der Waals surface area (Å²) < 4.78 is 33.0. The topological polar surface area (TPSA) is 72.5 Å². The van der Waals surface area contributed by atoms with Crippen LogP contribution in [0.5, 0.6) is 0 Å². The Morgan fingerprint density at radius 3 is 1.97 bits per heavy atom. The maximum Gasteiger partial charge on any atom is 0.147 e. The molecule has 0 saturated heterocycles. The lowest BCUT2D eigenvalue weighted by molar-refractivity contribution is -0.145. The summed E-state index contributed by atoms with van der Waals surface area (Å²) in [5.74, 6) is 0. The van der Waals surface area contributed by atoms with Gasteiger partial charge in [-0.05, 0) is 19.3 Å². The van der Waals surface area contributed by atoms with Gasteiger partial charge < -0.3 is 33.2 Å². The number of aldehydes is 1. The van der Waals surface area contributed by atoms with E-state index in [2.05, 4.69) is 13.0 Å². The van der Waals surface area contributed by atoms with E-state index in [4.69, 9.17) is 28.4 Å². The molecule has 0 aromatic rings. The SMILES string of the molecule is CCCCC[C@H](OCOC)[C@@H](C=C[C@H](CCCCCCCC=O)OCOC)OCOC. The van der Waals surface area contributed by atoms with Crippen LogP contribution in [0.15, 0.2) is 12.2 Å². The predicted molar refractivity (Wildman–Crippen MR) is 122 cm³/mol. The van der Waals surface area contributed by atoms with Gasteiger partial charge in [0.05, 0.1) is 12.2 Å². The minimum Gasteiger partial charge on any atom is -0.359 e. The first-order valence-corrected chi connectivity index (χ1v) is 11.7. The third kappa shape index (κ3) is 18.4. The summed E-state index contributed by atoms with van der Waals surface area (Å²) in [6, 6.07) is 0. The van der Waals surface area contributed by atoms with Gasteiger partial charge in [0.25, 0.3) is 0 Å². The number of rotatable bonds is 24. The van der Waals surface area contributed by atoms with Crippen LogP contribution in [-0.2, 0) is 33.2 Å². The van der Waals surface area contributed by atoms with E-state index >= 15 is 0 Å². The molecule has 0 spiro atoms. The van der Waals surface area contributed by atoms with Gasteiger partial charge in [-0.1, -0.05) is 64.0 Å². The molecule has 184 valence electrons. The number of carbonyl (C=O) groups excluding carboxylic acids is 1. The van der Waals surface area contributed by atoms with E-state index in [9.17, 15) is 4.79 Å². The fourth-order valence-corrected chi connectivity index (χ4v) is 3.25. The minimum absolute atomic E-state index is 0.0534. The molecule has 7 nitrogen and oxygen atoms in total. The van der Waals surface area contributed by atoms with Crippen molar-refractivity contribution in [3.05, 3.63) is 12.2 Å². The molecule has 0 rings (SSSR count). The fourth-order valence-electron chi connectivity index (χ4n) is 3.25. The molecule has 0 saturated carbocycles. The Morgan fingerprint density at radius 2 is 1.29 bits per heavy atom. The molecule has 0 heterocycles. The van der Waals surface area contributed by atoms with Crippen LogP contribution in [0.25, 0.3) is 0 Å². The van der Waals surface area contributed by atoms with Crippen molar-refractivity contribution in [3.63, 3.8) is 0 Å². The molecule has 0 amide bonds. The van der Waals surface area contributed by atoms with Crippen molar-refractivity contribution in [3.8, 4) is 0 Å². The summed E-state index contributed by atoms with van der Waals surface area (Å²) in [7, 11) is 4.86. The Kier molecular flexibility index (Phi) is 23.2. The highest BCUT2D eigenvalue weighted by atomic mass is 16.7. The zero-order chi connectivity index (χ0) is 23.0. The monoisotopic (exact) mass is 446 g/mol. The standard InChI is InChI=1S/C24H46O7/c1-5-6-11-15-23(30-20-27-3)24(31-21-28-4)17-16-22(29-19-26-2)14-12-9-7-8-10-13-18-25/h16-18,22-24H,5-15,19-21H2,1-4H3/t22-,23-,24+/m0/s1. The number of hydrogen-bond acceptors (Lipinski definition) is 7. The van der Waals surface area contributed by atoms with Gasteiger partial charge in [0, 0.05) is 27.8 Å². The quantitative estimate of drug-likeness (QED) is 0.0892. The summed E-state index contributed by atoms with van der Waals surface area (Å²) in [5, 5.41) is 0. The molecule has 3 atom stereocenters. The number of carbonyl (C=O) groups is 1. The molecule has 0 aliphatic heterocycles. The zero-order valence-electron chi connectivity index (χ0n) is 20.2. The molecule has 0 aliphatic rings. The van der Waals surface area contributed by atoms with Crippen LogP contribution in [0.1, 0.15) is 77.6 Å². The minimum atomic E-state index is -0.246. The van der Waals surface area contributed by atoms with E-state index in [1.165, 1.54) is 0 Å². The second-order valence-electron chi connectivity index (χ2n) is 7.65. The molecule has 0 unspecified atom stereocenters. The molecule has 0 bridgehead atoms. The number of hydrogen-bond donors (Lipinski definition) is 0. The van der Waals surface area contributed by atoms with Crippen molar-refractivity contribution in [1.82, 2.24) is 0 Å². The van der Waals surface area contributed by atoms with Crippen molar-refractivity contribution in [2.45, 2.75) is 95.9 Å². The van der Waals surface area contributed by atoms with E-state index in [0.29, 0.717) is 6.42 Å². The van der Waals surface area contributed by atoms with Crippen molar-refractivity contribution in [2.75, 3.05) is 41.7 Å². The molecule has 0 aromatic heterocycles. The van der Waals surface area contributed by atoms with Gasteiger partial charge in [-0.25, -0.2) is 0 Å². The Hall–Kier alpha value is -0.830. The molecule has 0 radical (unpaired) electrons. The lowest BCUT2D eigenvalue weighted by atomic mass is 10.0. The number of methoxy groups -OCH3 is 3. The van der Waals surface area contributed by atoms with Crippen molar-refractivity contribution >= 4 is 6.29 Å². The Labute approximate surface area is 189 Å². The average Bonchev–Trinajstić information content (AvgIpc) is 2.78. The predicted octanol–water partition coefficient (Wildman–Crippen LogP) is 5.02. The average molecular weight is 447 g/mol. The highest BCUT2D eigenvalue weighted by Crippen LogP contribution is 2.17. The first-order chi connectivity index (χ1) is 15.2. The summed E-state index contributed by atoms with van der Waals surface area (Å²) >= 11 is 0. The Morgan fingerprint density at radius 1 is 0.677 bits per heavy atom. The molecular formula is C24H46O7. The second-order valence-corrected chi connectivity index (χ2v) is 7.65. The Balaban J connectivity index is 4.86. The highest BCUT2D eigenvalue weighted by molar-refractivity contribution is 5.48. The summed E-state index contributed by atoms with van der Waals surface area (Å²) in [4.78, 5) is 10.4. The summed E-state index contributed by atoms with van der Waals surface area (Å²) in [6.07, 6.45) is 15.9. The highest BCUT2D eigenvalue weighted by Gasteiger charge is 2.21. The molecule has 31 heavy (non-hydrogen) atoms. The molecule has 0 aliphatic carbocycles.